The summed E-state index contributed by atoms with van der Waals surface area (Å²) in [7, 11) is 1.95. The maximum absolute atomic E-state index is 10.4. The first-order valence-corrected chi connectivity index (χ1v) is 6.12. The molecular formula is C15H15N3O2. The van der Waals surface area contributed by atoms with Gasteiger partial charge < -0.3 is 10.0 Å². The number of hydrogen-bond acceptors (Lipinski definition) is 4. The lowest BCUT2D eigenvalue weighted by Gasteiger charge is -2.17. The summed E-state index contributed by atoms with van der Waals surface area (Å²) in [6.45, 7) is 0.713. The molecular weight excluding hydrogens is 254 g/mol. The van der Waals surface area contributed by atoms with Gasteiger partial charge in [-0.05, 0) is 35.4 Å². The second-order valence-corrected chi connectivity index (χ2v) is 4.34. The molecule has 0 saturated carbocycles. The highest BCUT2D eigenvalue weighted by atomic mass is 16.4. The third kappa shape index (κ3) is 3.91. The zero-order chi connectivity index (χ0) is 14.4. The molecule has 2 aromatic rings. The van der Waals surface area contributed by atoms with Gasteiger partial charge in [0.1, 0.15) is 5.82 Å². The Labute approximate surface area is 117 Å². The van der Waals surface area contributed by atoms with E-state index < -0.39 is 5.97 Å². The summed E-state index contributed by atoms with van der Waals surface area (Å²) in [5.74, 6) is -0.149. The minimum Gasteiger partial charge on any atom is -0.478 e. The average Bonchev–Trinajstić information content (AvgIpc) is 2.46. The molecule has 0 aliphatic carbocycles. The van der Waals surface area contributed by atoms with E-state index >= 15 is 0 Å². The number of aliphatic carboxylic acids is 1. The maximum Gasteiger partial charge on any atom is 0.328 e. The predicted octanol–water partition coefficient (Wildman–Crippen LogP) is 2.21. The summed E-state index contributed by atoms with van der Waals surface area (Å²) < 4.78 is 0. The van der Waals surface area contributed by atoms with Gasteiger partial charge in [-0.15, -0.1) is 0 Å². The predicted molar refractivity (Wildman–Crippen MR) is 77.3 cm³/mol. The number of aromatic nitrogens is 2. The van der Waals surface area contributed by atoms with Gasteiger partial charge in [0.2, 0.25) is 0 Å². The van der Waals surface area contributed by atoms with Crippen molar-refractivity contribution in [1.29, 1.82) is 0 Å². The van der Waals surface area contributed by atoms with Crippen LogP contribution >= 0.6 is 0 Å². The van der Waals surface area contributed by atoms with Gasteiger partial charge in [0.25, 0.3) is 0 Å². The molecule has 0 radical (unpaired) electrons. The fourth-order valence-corrected chi connectivity index (χ4v) is 1.74. The molecule has 0 bridgehead atoms. The Bertz CT molecular complexity index is 594. The van der Waals surface area contributed by atoms with Gasteiger partial charge in [-0.25, -0.2) is 9.78 Å². The van der Waals surface area contributed by atoms with Crippen LogP contribution in [0.3, 0.4) is 0 Å². The Morgan fingerprint density at radius 3 is 2.80 bits per heavy atom. The highest BCUT2D eigenvalue weighted by Crippen LogP contribution is 2.13. The average molecular weight is 269 g/mol. The molecule has 5 heteroatoms. The summed E-state index contributed by atoms with van der Waals surface area (Å²) in [6, 6.07) is 7.60. The molecule has 0 unspecified atom stereocenters. The number of nitrogens with zero attached hydrogens (tertiary/aromatic N) is 3. The first-order valence-electron chi connectivity index (χ1n) is 6.12. The highest BCUT2D eigenvalue weighted by molar-refractivity contribution is 5.85. The zero-order valence-corrected chi connectivity index (χ0v) is 11.1. The van der Waals surface area contributed by atoms with Crippen LogP contribution in [0.15, 0.2) is 48.9 Å². The molecule has 2 rings (SSSR count). The van der Waals surface area contributed by atoms with Crippen molar-refractivity contribution in [3.05, 3.63) is 60.1 Å². The lowest BCUT2D eigenvalue weighted by atomic mass is 10.2. The third-order valence-electron chi connectivity index (χ3n) is 2.72. The fraction of sp³-hybridized carbons (Fsp3) is 0.133. The monoisotopic (exact) mass is 269 g/mol. The summed E-state index contributed by atoms with van der Waals surface area (Å²) in [5, 5.41) is 8.56. The molecule has 2 heterocycles. The lowest BCUT2D eigenvalue weighted by Crippen LogP contribution is -2.17. The normalized spacial score (nSPS) is 10.7. The standard InChI is InChI=1S/C15H15N3O2/c1-18(11-13-3-2-8-16-9-13)14-6-4-12(10-17-14)5-7-15(19)20/h2-10H,11H2,1H3,(H,19,20)/b7-5+. The van der Waals surface area contributed by atoms with E-state index in [0.29, 0.717) is 6.54 Å². The first kappa shape index (κ1) is 13.7. The Morgan fingerprint density at radius 2 is 2.20 bits per heavy atom. The smallest absolute Gasteiger partial charge is 0.328 e. The van der Waals surface area contributed by atoms with Crippen LogP contribution in [0, 0.1) is 0 Å². The maximum atomic E-state index is 10.4. The second-order valence-electron chi connectivity index (χ2n) is 4.34. The fourth-order valence-electron chi connectivity index (χ4n) is 1.74. The van der Waals surface area contributed by atoms with Gasteiger partial charge in [0.05, 0.1) is 0 Å². The van der Waals surface area contributed by atoms with Gasteiger partial charge in [0, 0.05) is 38.3 Å². The largest absolute Gasteiger partial charge is 0.478 e. The van der Waals surface area contributed by atoms with Crippen molar-refractivity contribution in [2.45, 2.75) is 6.54 Å². The second kappa shape index (κ2) is 6.47. The summed E-state index contributed by atoms with van der Waals surface area (Å²) in [5.41, 5.74) is 1.86. The number of carboxylic acid groups (broad SMARTS) is 1. The molecule has 0 aromatic carbocycles. The van der Waals surface area contributed by atoms with Gasteiger partial charge in [-0.1, -0.05) is 6.07 Å². The van der Waals surface area contributed by atoms with Crippen LogP contribution in [-0.2, 0) is 11.3 Å². The van der Waals surface area contributed by atoms with Crippen LogP contribution in [0.25, 0.3) is 6.08 Å². The molecule has 0 aliphatic heterocycles. The Balaban J connectivity index is 2.04. The molecule has 20 heavy (non-hydrogen) atoms. The molecule has 0 fully saturated rings. The minimum absolute atomic E-state index is 0.713. The first-order chi connectivity index (χ1) is 9.65. The number of carbonyl (C=O) groups is 1. The van der Waals surface area contributed by atoms with Gasteiger partial charge in [0.15, 0.2) is 0 Å². The van der Waals surface area contributed by atoms with E-state index in [4.69, 9.17) is 5.11 Å². The Kier molecular flexibility index (Phi) is 4.44. The molecule has 0 spiro atoms. The molecule has 0 saturated heterocycles. The van der Waals surface area contributed by atoms with E-state index in [1.807, 2.05) is 42.4 Å². The third-order valence-corrected chi connectivity index (χ3v) is 2.72. The van der Waals surface area contributed by atoms with Crippen molar-refractivity contribution in [3.8, 4) is 0 Å². The van der Waals surface area contributed by atoms with Crippen LogP contribution in [0.1, 0.15) is 11.1 Å². The lowest BCUT2D eigenvalue weighted by molar-refractivity contribution is -0.131. The van der Waals surface area contributed by atoms with Crippen molar-refractivity contribution >= 4 is 17.9 Å². The molecule has 0 amide bonds. The van der Waals surface area contributed by atoms with Crippen molar-refractivity contribution < 1.29 is 9.90 Å². The highest BCUT2D eigenvalue weighted by Gasteiger charge is 2.03. The summed E-state index contributed by atoms with van der Waals surface area (Å²) in [4.78, 5) is 20.8. The molecule has 2 aromatic heterocycles. The zero-order valence-electron chi connectivity index (χ0n) is 11.1. The van der Waals surface area contributed by atoms with E-state index in [1.54, 1.807) is 12.4 Å². The molecule has 0 atom stereocenters. The van der Waals surface area contributed by atoms with E-state index in [9.17, 15) is 4.79 Å². The molecule has 5 nitrogen and oxygen atoms in total. The SMILES string of the molecule is CN(Cc1cccnc1)c1ccc(/C=C/C(=O)O)cn1. The van der Waals surface area contributed by atoms with Gasteiger partial charge in [-0.2, -0.15) is 0 Å². The van der Waals surface area contributed by atoms with Crippen molar-refractivity contribution in [3.63, 3.8) is 0 Å². The van der Waals surface area contributed by atoms with Crippen LogP contribution in [-0.4, -0.2) is 28.1 Å². The van der Waals surface area contributed by atoms with Crippen LogP contribution in [0.5, 0.6) is 0 Å². The summed E-state index contributed by atoms with van der Waals surface area (Å²) in [6.07, 6.45) is 7.82. The van der Waals surface area contributed by atoms with E-state index in [-0.39, 0.29) is 0 Å². The Morgan fingerprint density at radius 1 is 1.35 bits per heavy atom. The van der Waals surface area contributed by atoms with E-state index in [1.165, 1.54) is 6.08 Å². The van der Waals surface area contributed by atoms with E-state index in [2.05, 4.69) is 9.97 Å². The van der Waals surface area contributed by atoms with Crippen molar-refractivity contribution in [2.24, 2.45) is 0 Å². The van der Waals surface area contributed by atoms with Crippen molar-refractivity contribution in [2.75, 3.05) is 11.9 Å². The number of rotatable bonds is 5. The quantitative estimate of drug-likeness (QED) is 0.843. The summed E-state index contributed by atoms with van der Waals surface area (Å²) >= 11 is 0. The number of carboxylic acids is 1. The topological polar surface area (TPSA) is 66.3 Å². The number of anilines is 1. The number of pyridine rings is 2. The molecule has 102 valence electrons. The minimum atomic E-state index is -0.970. The Hall–Kier alpha value is -2.69. The molecule has 1 N–H and O–H groups in total. The van der Waals surface area contributed by atoms with Crippen molar-refractivity contribution in [1.82, 2.24) is 9.97 Å². The van der Waals surface area contributed by atoms with Gasteiger partial charge >= 0.3 is 5.97 Å². The van der Waals surface area contributed by atoms with Crippen LogP contribution < -0.4 is 4.90 Å². The molecule has 0 aliphatic rings. The van der Waals surface area contributed by atoms with E-state index in [0.717, 1.165) is 23.0 Å². The van der Waals surface area contributed by atoms with Gasteiger partial charge in [-0.3, -0.25) is 4.98 Å². The number of hydrogen-bond donors (Lipinski definition) is 1. The van der Waals surface area contributed by atoms with Crippen LogP contribution in [0.4, 0.5) is 5.82 Å². The van der Waals surface area contributed by atoms with Crippen LogP contribution in [0.2, 0.25) is 0 Å².